The number of hydrogen-bond acceptors (Lipinski definition) is 3. The Balaban J connectivity index is 1.82. The minimum Gasteiger partial charge on any atom is -0.446 e. The summed E-state index contributed by atoms with van der Waals surface area (Å²) >= 11 is 0. The lowest BCUT2D eigenvalue weighted by atomic mass is 10.0. The molecule has 0 aromatic heterocycles. The molecule has 3 atom stereocenters. The van der Waals surface area contributed by atoms with Gasteiger partial charge in [0, 0.05) is 14.1 Å². The molecule has 0 bridgehead atoms. The van der Waals surface area contributed by atoms with Crippen molar-refractivity contribution < 1.29 is 9.53 Å². The summed E-state index contributed by atoms with van der Waals surface area (Å²) < 4.78 is 5.37. The molecule has 0 spiro atoms. The van der Waals surface area contributed by atoms with Gasteiger partial charge in [0.2, 0.25) is 0 Å². The smallest absolute Gasteiger partial charge is 0.409 e. The number of fused-ring (bicyclic) bond motifs is 1. The van der Waals surface area contributed by atoms with Gasteiger partial charge in [0.05, 0.1) is 0 Å². The zero-order chi connectivity index (χ0) is 10.1. The third-order valence-corrected chi connectivity index (χ3v) is 3.24. The highest BCUT2D eigenvalue weighted by Crippen LogP contribution is 2.36. The molecule has 1 saturated carbocycles. The average Bonchev–Trinajstić information content (AvgIpc) is 2.63. The van der Waals surface area contributed by atoms with E-state index in [9.17, 15) is 4.79 Å². The van der Waals surface area contributed by atoms with Crippen LogP contribution < -0.4 is 5.32 Å². The van der Waals surface area contributed by atoms with E-state index in [0.29, 0.717) is 0 Å². The first-order chi connectivity index (χ1) is 6.66. The van der Waals surface area contributed by atoms with E-state index in [2.05, 4.69) is 5.32 Å². The van der Waals surface area contributed by atoms with Crippen LogP contribution in [0.25, 0.3) is 0 Å². The average molecular weight is 198 g/mol. The number of rotatable bonds is 1. The van der Waals surface area contributed by atoms with E-state index >= 15 is 0 Å². The van der Waals surface area contributed by atoms with E-state index in [0.717, 1.165) is 37.8 Å². The van der Waals surface area contributed by atoms with Gasteiger partial charge in [-0.3, -0.25) is 0 Å². The number of nitrogens with zero attached hydrogens (tertiary/aromatic N) is 1. The Bertz CT molecular complexity index is 218. The molecule has 1 aliphatic carbocycles. The first kappa shape index (κ1) is 9.77. The quantitative estimate of drug-likeness (QED) is 0.673. The summed E-state index contributed by atoms with van der Waals surface area (Å²) in [6.45, 7) is 2.20. The highest BCUT2D eigenvalue weighted by Gasteiger charge is 2.39. The molecule has 0 aromatic rings. The van der Waals surface area contributed by atoms with Gasteiger partial charge >= 0.3 is 6.09 Å². The summed E-state index contributed by atoms with van der Waals surface area (Å²) in [7, 11) is 3.44. The highest BCUT2D eigenvalue weighted by molar-refractivity contribution is 5.67. The van der Waals surface area contributed by atoms with E-state index in [1.807, 2.05) is 0 Å². The van der Waals surface area contributed by atoms with Gasteiger partial charge in [-0.05, 0) is 37.8 Å². The second kappa shape index (κ2) is 3.77. The summed E-state index contributed by atoms with van der Waals surface area (Å²) in [6, 6.07) is 0. The van der Waals surface area contributed by atoms with Crippen LogP contribution in [-0.4, -0.2) is 44.3 Å². The molecule has 1 unspecified atom stereocenters. The maximum absolute atomic E-state index is 11.3. The SMILES string of the molecule is CN(C)C(=O)OC1C[C@H]2CNC[C@H]2C1. The molecule has 80 valence electrons. The number of nitrogens with one attached hydrogen (secondary N) is 1. The van der Waals surface area contributed by atoms with Crippen LogP contribution in [0.3, 0.4) is 0 Å². The van der Waals surface area contributed by atoms with Gasteiger partial charge in [0.25, 0.3) is 0 Å². The lowest BCUT2D eigenvalue weighted by Gasteiger charge is -2.16. The highest BCUT2D eigenvalue weighted by atomic mass is 16.6. The molecule has 2 fully saturated rings. The van der Waals surface area contributed by atoms with Crippen molar-refractivity contribution in [3.8, 4) is 0 Å². The molecule has 1 aliphatic heterocycles. The molecule has 0 aromatic carbocycles. The van der Waals surface area contributed by atoms with Crippen molar-refractivity contribution in [3.63, 3.8) is 0 Å². The third-order valence-electron chi connectivity index (χ3n) is 3.24. The minimum absolute atomic E-state index is 0.155. The minimum atomic E-state index is -0.206. The zero-order valence-electron chi connectivity index (χ0n) is 8.82. The first-order valence-electron chi connectivity index (χ1n) is 5.25. The molecule has 4 heteroatoms. The molecule has 4 nitrogen and oxygen atoms in total. The van der Waals surface area contributed by atoms with Crippen molar-refractivity contribution >= 4 is 6.09 Å². The summed E-state index contributed by atoms with van der Waals surface area (Å²) in [5, 5.41) is 3.37. The predicted octanol–water partition coefficient (Wildman–Crippen LogP) is 0.683. The molecular weight excluding hydrogens is 180 g/mol. The van der Waals surface area contributed by atoms with E-state index in [1.54, 1.807) is 14.1 Å². The van der Waals surface area contributed by atoms with Gasteiger partial charge in [-0.15, -0.1) is 0 Å². The maximum Gasteiger partial charge on any atom is 0.409 e. The van der Waals surface area contributed by atoms with E-state index in [-0.39, 0.29) is 12.2 Å². The molecule has 2 aliphatic rings. The molecule has 1 saturated heterocycles. The summed E-state index contributed by atoms with van der Waals surface area (Å²) in [5.41, 5.74) is 0. The van der Waals surface area contributed by atoms with Gasteiger partial charge in [0.1, 0.15) is 6.10 Å². The van der Waals surface area contributed by atoms with Crippen molar-refractivity contribution in [2.45, 2.75) is 18.9 Å². The topological polar surface area (TPSA) is 41.6 Å². The van der Waals surface area contributed by atoms with E-state index in [4.69, 9.17) is 4.74 Å². The lowest BCUT2D eigenvalue weighted by Crippen LogP contribution is -2.27. The fourth-order valence-electron chi connectivity index (χ4n) is 2.45. The fourth-order valence-corrected chi connectivity index (χ4v) is 2.45. The van der Waals surface area contributed by atoms with Crippen molar-refractivity contribution in [2.75, 3.05) is 27.2 Å². The largest absolute Gasteiger partial charge is 0.446 e. The Morgan fingerprint density at radius 2 is 1.86 bits per heavy atom. The Kier molecular flexibility index (Phi) is 2.63. The molecule has 2 rings (SSSR count). The molecule has 1 amide bonds. The van der Waals surface area contributed by atoms with Crippen LogP contribution in [0.4, 0.5) is 4.79 Å². The number of carbonyl (C=O) groups is 1. The number of ether oxygens (including phenoxy) is 1. The van der Waals surface area contributed by atoms with Crippen LogP contribution in [0.2, 0.25) is 0 Å². The summed E-state index contributed by atoms with van der Waals surface area (Å²) in [5.74, 6) is 1.46. The predicted molar refractivity (Wildman–Crippen MR) is 53.0 cm³/mol. The Morgan fingerprint density at radius 3 is 2.36 bits per heavy atom. The van der Waals surface area contributed by atoms with Crippen molar-refractivity contribution in [1.82, 2.24) is 10.2 Å². The lowest BCUT2D eigenvalue weighted by molar-refractivity contribution is 0.0740. The van der Waals surface area contributed by atoms with Gasteiger partial charge in [0.15, 0.2) is 0 Å². The molecular formula is C10H18N2O2. The molecule has 14 heavy (non-hydrogen) atoms. The van der Waals surface area contributed by atoms with Crippen LogP contribution in [0.15, 0.2) is 0 Å². The normalized spacial score (nSPS) is 35.4. The summed E-state index contributed by atoms with van der Waals surface area (Å²) in [4.78, 5) is 12.8. The molecule has 1 N–H and O–H groups in total. The second-order valence-corrected chi connectivity index (χ2v) is 4.55. The third kappa shape index (κ3) is 1.85. The Labute approximate surface area is 84.6 Å². The van der Waals surface area contributed by atoms with Crippen molar-refractivity contribution in [1.29, 1.82) is 0 Å². The van der Waals surface area contributed by atoms with Gasteiger partial charge in [-0.2, -0.15) is 0 Å². The Morgan fingerprint density at radius 1 is 1.29 bits per heavy atom. The van der Waals surface area contributed by atoms with Crippen molar-refractivity contribution in [2.24, 2.45) is 11.8 Å². The van der Waals surface area contributed by atoms with Crippen LogP contribution >= 0.6 is 0 Å². The van der Waals surface area contributed by atoms with Gasteiger partial charge < -0.3 is 15.0 Å². The van der Waals surface area contributed by atoms with E-state index in [1.165, 1.54) is 4.90 Å². The van der Waals surface area contributed by atoms with E-state index < -0.39 is 0 Å². The van der Waals surface area contributed by atoms with Gasteiger partial charge in [-0.1, -0.05) is 0 Å². The number of carbonyl (C=O) groups excluding carboxylic acids is 1. The molecule has 1 heterocycles. The molecule has 0 radical (unpaired) electrons. The van der Waals surface area contributed by atoms with Gasteiger partial charge in [-0.25, -0.2) is 4.79 Å². The second-order valence-electron chi connectivity index (χ2n) is 4.55. The zero-order valence-corrected chi connectivity index (χ0v) is 8.82. The van der Waals surface area contributed by atoms with Crippen LogP contribution in [0.1, 0.15) is 12.8 Å². The standard InChI is InChI=1S/C10H18N2O2/c1-12(2)10(13)14-9-3-7-5-11-6-8(7)4-9/h7-9,11H,3-6H2,1-2H3/t7-,8+,9?. The Hall–Kier alpha value is -0.770. The summed E-state index contributed by atoms with van der Waals surface area (Å²) in [6.07, 6.45) is 2.03. The maximum atomic E-state index is 11.3. The monoisotopic (exact) mass is 198 g/mol. The van der Waals surface area contributed by atoms with Crippen LogP contribution in [-0.2, 0) is 4.74 Å². The van der Waals surface area contributed by atoms with Crippen LogP contribution in [0.5, 0.6) is 0 Å². The van der Waals surface area contributed by atoms with Crippen molar-refractivity contribution in [3.05, 3.63) is 0 Å². The number of hydrogen-bond donors (Lipinski definition) is 1. The number of amides is 1. The van der Waals surface area contributed by atoms with Crippen LogP contribution in [0, 0.1) is 11.8 Å². The fraction of sp³-hybridized carbons (Fsp3) is 0.900. The first-order valence-corrected chi connectivity index (χ1v) is 5.25.